The Bertz CT molecular complexity index is 593. The quantitative estimate of drug-likeness (QED) is 0.881. The van der Waals surface area contributed by atoms with E-state index in [4.69, 9.17) is 4.74 Å². The molecule has 0 bridgehead atoms. The minimum atomic E-state index is -0.329. The summed E-state index contributed by atoms with van der Waals surface area (Å²) in [6.45, 7) is 6.96. The molecule has 1 aromatic carbocycles. The Morgan fingerprint density at radius 2 is 2.14 bits per heavy atom. The van der Waals surface area contributed by atoms with Gasteiger partial charge >= 0.3 is 0 Å². The Kier molecular flexibility index (Phi) is 5.31. The number of nitrogens with one attached hydrogen (secondary N) is 1. The van der Waals surface area contributed by atoms with Crippen LogP contribution in [-0.4, -0.2) is 18.6 Å². The second-order valence-electron chi connectivity index (χ2n) is 4.96. The number of hydrogen-bond donors (Lipinski definition) is 1. The Morgan fingerprint density at radius 1 is 1.38 bits per heavy atom. The zero-order chi connectivity index (χ0) is 15.4. The van der Waals surface area contributed by atoms with Crippen LogP contribution < -0.4 is 10.1 Å². The summed E-state index contributed by atoms with van der Waals surface area (Å²) in [6.07, 6.45) is 0.763. The van der Waals surface area contributed by atoms with Crippen molar-refractivity contribution in [2.75, 3.05) is 13.7 Å². The molecule has 0 saturated heterocycles. The summed E-state index contributed by atoms with van der Waals surface area (Å²) < 4.78 is 18.9. The Morgan fingerprint density at radius 3 is 2.67 bits per heavy atom. The second kappa shape index (κ2) is 7.00. The average Bonchev–Trinajstić information content (AvgIpc) is 2.77. The molecule has 0 aliphatic heterocycles. The Balaban J connectivity index is 2.23. The molecule has 114 valence electrons. The average molecular weight is 308 g/mol. The molecular weight excluding hydrogens is 287 g/mol. The van der Waals surface area contributed by atoms with Crippen LogP contribution in [0, 0.1) is 19.7 Å². The van der Waals surface area contributed by atoms with Crippen LogP contribution in [0.25, 0.3) is 0 Å². The van der Waals surface area contributed by atoms with Gasteiger partial charge in [0.2, 0.25) is 0 Å². The van der Waals surface area contributed by atoms with Gasteiger partial charge in [-0.1, -0.05) is 13.0 Å². The van der Waals surface area contributed by atoms with Crippen LogP contribution in [0.3, 0.4) is 0 Å². The molecule has 2 aromatic rings. The Labute approximate surface area is 129 Å². The number of hydrogen-bond acceptors (Lipinski definition) is 4. The highest BCUT2D eigenvalue weighted by Crippen LogP contribution is 2.26. The fraction of sp³-hybridized carbons (Fsp3) is 0.438. The van der Waals surface area contributed by atoms with Crippen molar-refractivity contribution in [3.05, 3.63) is 45.2 Å². The normalized spacial score (nSPS) is 12.4. The van der Waals surface area contributed by atoms with Crippen LogP contribution in [-0.2, 0) is 6.42 Å². The molecule has 0 amide bonds. The van der Waals surface area contributed by atoms with E-state index in [2.05, 4.69) is 17.2 Å². The number of ether oxygens (including phenoxy) is 1. The van der Waals surface area contributed by atoms with Gasteiger partial charge in [-0.2, -0.15) is 0 Å². The van der Waals surface area contributed by atoms with Gasteiger partial charge in [0.05, 0.1) is 17.8 Å². The van der Waals surface area contributed by atoms with Gasteiger partial charge < -0.3 is 10.1 Å². The smallest absolute Gasteiger partial charge is 0.165 e. The number of aromatic nitrogens is 1. The van der Waals surface area contributed by atoms with Crippen molar-refractivity contribution in [1.29, 1.82) is 0 Å². The molecule has 1 N–H and O–H groups in total. The number of likely N-dealkylation sites (N-methyl/N-ethyl adjacent to an activating group) is 1. The summed E-state index contributed by atoms with van der Waals surface area (Å²) in [5.41, 5.74) is 1.99. The molecule has 0 aliphatic rings. The van der Waals surface area contributed by atoms with Gasteiger partial charge in [-0.15, -0.1) is 11.3 Å². The molecule has 5 heteroatoms. The molecule has 3 nitrogen and oxygen atoms in total. The van der Waals surface area contributed by atoms with Gasteiger partial charge in [0.25, 0.3) is 0 Å². The maximum atomic E-state index is 13.9. The van der Waals surface area contributed by atoms with Crippen molar-refractivity contribution in [2.45, 2.75) is 33.2 Å². The van der Waals surface area contributed by atoms with E-state index in [-0.39, 0.29) is 17.6 Å². The maximum absolute atomic E-state index is 13.9. The number of thiazole rings is 1. The number of aryl methyl sites for hydroxylation is 2. The zero-order valence-electron chi connectivity index (χ0n) is 12.9. The van der Waals surface area contributed by atoms with E-state index in [0.717, 1.165) is 29.2 Å². The predicted octanol–water partition coefficient (Wildman–Crippen LogP) is 3.80. The lowest BCUT2D eigenvalue weighted by Gasteiger charge is -2.18. The summed E-state index contributed by atoms with van der Waals surface area (Å²) in [5, 5.41) is 4.48. The van der Waals surface area contributed by atoms with Gasteiger partial charge in [0.15, 0.2) is 11.6 Å². The lowest BCUT2D eigenvalue weighted by atomic mass is 10.0. The molecule has 0 fully saturated rings. The number of nitrogens with zero attached hydrogens (tertiary/aromatic N) is 1. The highest BCUT2D eigenvalue weighted by atomic mass is 32.1. The molecule has 2 rings (SSSR count). The van der Waals surface area contributed by atoms with Crippen LogP contribution in [0.1, 0.15) is 34.1 Å². The summed E-state index contributed by atoms with van der Waals surface area (Å²) in [4.78, 5) is 5.81. The van der Waals surface area contributed by atoms with Gasteiger partial charge in [0, 0.05) is 17.3 Å². The van der Waals surface area contributed by atoms with E-state index in [1.54, 1.807) is 23.5 Å². The fourth-order valence-electron chi connectivity index (χ4n) is 2.25. The molecule has 0 spiro atoms. The molecule has 1 unspecified atom stereocenters. The molecule has 21 heavy (non-hydrogen) atoms. The van der Waals surface area contributed by atoms with Crippen molar-refractivity contribution in [2.24, 2.45) is 0 Å². The monoisotopic (exact) mass is 308 g/mol. The van der Waals surface area contributed by atoms with Crippen LogP contribution in [0.4, 0.5) is 4.39 Å². The summed E-state index contributed by atoms with van der Waals surface area (Å²) in [5.74, 6) is -0.0562. The topological polar surface area (TPSA) is 34.2 Å². The molecule has 1 aromatic heterocycles. The van der Waals surface area contributed by atoms with E-state index in [9.17, 15) is 4.39 Å². The van der Waals surface area contributed by atoms with E-state index in [1.807, 2.05) is 19.9 Å². The van der Waals surface area contributed by atoms with Crippen molar-refractivity contribution in [3.8, 4) is 5.75 Å². The van der Waals surface area contributed by atoms with Crippen LogP contribution >= 0.6 is 11.3 Å². The molecule has 1 heterocycles. The van der Waals surface area contributed by atoms with Gasteiger partial charge in [0.1, 0.15) is 0 Å². The standard InChI is InChI=1S/C16H21FN2OS/c1-5-18-14(9-16-19-10(2)11(3)21-16)12-6-7-15(20-4)13(17)8-12/h6-8,14,18H,5,9H2,1-4H3. The third kappa shape index (κ3) is 3.80. The van der Waals surface area contributed by atoms with Crippen molar-refractivity contribution in [3.63, 3.8) is 0 Å². The summed E-state index contributed by atoms with van der Waals surface area (Å²) in [7, 11) is 1.47. The lowest BCUT2D eigenvalue weighted by Crippen LogP contribution is -2.23. The minimum absolute atomic E-state index is 0.0559. The minimum Gasteiger partial charge on any atom is -0.494 e. The second-order valence-corrected chi connectivity index (χ2v) is 6.25. The van der Waals surface area contributed by atoms with Crippen LogP contribution in [0.15, 0.2) is 18.2 Å². The molecule has 0 radical (unpaired) electrons. The number of halogens is 1. The summed E-state index contributed by atoms with van der Waals surface area (Å²) >= 11 is 1.71. The van der Waals surface area contributed by atoms with Crippen molar-refractivity contribution >= 4 is 11.3 Å². The lowest BCUT2D eigenvalue weighted by molar-refractivity contribution is 0.385. The highest BCUT2D eigenvalue weighted by Gasteiger charge is 2.16. The predicted molar refractivity (Wildman–Crippen MR) is 84.7 cm³/mol. The third-order valence-corrected chi connectivity index (χ3v) is 4.58. The van der Waals surface area contributed by atoms with Crippen LogP contribution in [0.2, 0.25) is 0 Å². The third-order valence-electron chi connectivity index (χ3n) is 3.48. The Hall–Kier alpha value is -1.46. The largest absolute Gasteiger partial charge is 0.494 e. The van der Waals surface area contributed by atoms with Gasteiger partial charge in [-0.25, -0.2) is 9.37 Å². The molecule has 0 aliphatic carbocycles. The first kappa shape index (κ1) is 15.9. The first-order chi connectivity index (χ1) is 10.0. The SMILES string of the molecule is CCNC(Cc1nc(C)c(C)s1)c1ccc(OC)c(F)c1. The van der Waals surface area contributed by atoms with Crippen molar-refractivity contribution < 1.29 is 9.13 Å². The van der Waals surface area contributed by atoms with E-state index in [1.165, 1.54) is 12.0 Å². The number of rotatable bonds is 6. The summed E-state index contributed by atoms with van der Waals surface area (Å²) in [6, 6.07) is 5.18. The zero-order valence-corrected chi connectivity index (χ0v) is 13.7. The number of benzene rings is 1. The van der Waals surface area contributed by atoms with Crippen LogP contribution in [0.5, 0.6) is 5.75 Å². The first-order valence-electron chi connectivity index (χ1n) is 7.04. The van der Waals surface area contributed by atoms with E-state index >= 15 is 0 Å². The van der Waals surface area contributed by atoms with Gasteiger partial charge in [-0.05, 0) is 38.1 Å². The first-order valence-corrected chi connectivity index (χ1v) is 7.86. The number of methoxy groups -OCH3 is 1. The maximum Gasteiger partial charge on any atom is 0.165 e. The molecule has 0 saturated carbocycles. The van der Waals surface area contributed by atoms with E-state index in [0.29, 0.717) is 0 Å². The van der Waals surface area contributed by atoms with E-state index < -0.39 is 0 Å². The highest BCUT2D eigenvalue weighted by molar-refractivity contribution is 7.11. The van der Waals surface area contributed by atoms with Crippen molar-refractivity contribution in [1.82, 2.24) is 10.3 Å². The molecule has 1 atom stereocenters. The fourth-order valence-corrected chi connectivity index (χ4v) is 3.23. The molecular formula is C16H21FN2OS. The van der Waals surface area contributed by atoms with Gasteiger partial charge in [-0.3, -0.25) is 0 Å².